The summed E-state index contributed by atoms with van der Waals surface area (Å²) in [6, 6.07) is 2.95. The molecule has 2 fully saturated rings. The van der Waals surface area contributed by atoms with Crippen LogP contribution in [0.3, 0.4) is 0 Å². The highest BCUT2D eigenvalue weighted by atomic mass is 19.3. The summed E-state index contributed by atoms with van der Waals surface area (Å²) in [7, 11) is 1.29. The minimum atomic E-state index is -3.11. The van der Waals surface area contributed by atoms with E-state index in [1.165, 1.54) is 19.2 Å². The van der Waals surface area contributed by atoms with E-state index in [2.05, 4.69) is 6.92 Å². The third kappa shape index (κ3) is 5.25. The maximum absolute atomic E-state index is 14.7. The van der Waals surface area contributed by atoms with Crippen LogP contribution in [0.1, 0.15) is 82.6 Å². The fourth-order valence-electron chi connectivity index (χ4n) is 5.03. The van der Waals surface area contributed by atoms with Crippen molar-refractivity contribution >= 4 is 0 Å². The second-order valence-electron chi connectivity index (χ2n) is 8.64. The number of ether oxygens (including phenoxy) is 2. The molecule has 1 aromatic carbocycles. The summed E-state index contributed by atoms with van der Waals surface area (Å²) in [5.41, 5.74) is 0.294. The predicted octanol–water partition coefficient (Wildman–Crippen LogP) is 7.22. The summed E-state index contributed by atoms with van der Waals surface area (Å²) in [6.07, 6.45) is 3.20. The average Bonchev–Trinajstić information content (AvgIpc) is 2.71. The fourth-order valence-corrected chi connectivity index (χ4v) is 5.03. The lowest BCUT2D eigenvalue weighted by atomic mass is 9.79. The first-order valence-corrected chi connectivity index (χ1v) is 10.9. The van der Waals surface area contributed by atoms with Gasteiger partial charge in [0.25, 0.3) is 0 Å². The van der Waals surface area contributed by atoms with Crippen LogP contribution in [0.25, 0.3) is 0 Å². The molecule has 0 heterocycles. The second kappa shape index (κ2) is 9.67. The van der Waals surface area contributed by atoms with Crippen LogP contribution in [0.5, 0.6) is 5.75 Å². The molecular weight excluding hydrogens is 384 g/mol. The van der Waals surface area contributed by atoms with Gasteiger partial charge in [-0.1, -0.05) is 25.8 Å². The van der Waals surface area contributed by atoms with E-state index in [9.17, 15) is 17.6 Å². The van der Waals surface area contributed by atoms with E-state index in [4.69, 9.17) is 9.47 Å². The minimum absolute atomic E-state index is 0.128. The molecule has 2 aliphatic carbocycles. The smallest absolute Gasteiger partial charge is 0.358 e. The molecule has 0 atom stereocenters. The molecule has 0 unspecified atom stereocenters. The molecule has 2 aliphatic rings. The van der Waals surface area contributed by atoms with Crippen LogP contribution in [0.15, 0.2) is 12.1 Å². The van der Waals surface area contributed by atoms with Crippen molar-refractivity contribution < 1.29 is 27.0 Å². The summed E-state index contributed by atoms with van der Waals surface area (Å²) in [5.74, 6) is -2.34. The second-order valence-corrected chi connectivity index (χ2v) is 8.64. The number of hydrogen-bond acceptors (Lipinski definition) is 2. The Labute approximate surface area is 171 Å². The highest BCUT2D eigenvalue weighted by Crippen LogP contribution is 2.44. The molecule has 0 N–H and O–H groups in total. The van der Waals surface area contributed by atoms with Crippen molar-refractivity contribution in [1.29, 1.82) is 0 Å². The molecule has 0 bridgehead atoms. The molecule has 0 radical (unpaired) electrons. The van der Waals surface area contributed by atoms with Crippen molar-refractivity contribution in [1.82, 2.24) is 0 Å². The van der Waals surface area contributed by atoms with Gasteiger partial charge in [-0.2, -0.15) is 13.2 Å². The number of alkyl halides is 2. The molecule has 3 rings (SSSR count). The Hall–Kier alpha value is -1.30. The van der Waals surface area contributed by atoms with Gasteiger partial charge >= 0.3 is 6.11 Å². The third-order valence-electron chi connectivity index (χ3n) is 6.75. The molecule has 29 heavy (non-hydrogen) atoms. The molecule has 1 aromatic rings. The predicted molar refractivity (Wildman–Crippen MR) is 104 cm³/mol. The van der Waals surface area contributed by atoms with Crippen molar-refractivity contribution in [2.75, 3.05) is 7.11 Å². The molecule has 0 saturated heterocycles. The molecule has 0 amide bonds. The van der Waals surface area contributed by atoms with Crippen molar-refractivity contribution in [3.8, 4) is 5.75 Å². The summed E-state index contributed by atoms with van der Waals surface area (Å²) >= 11 is 0. The molecule has 6 heteroatoms. The number of rotatable bonds is 7. The zero-order valence-electron chi connectivity index (χ0n) is 17.4. The van der Waals surface area contributed by atoms with E-state index in [0.29, 0.717) is 50.0 Å². The monoisotopic (exact) mass is 416 g/mol. The summed E-state index contributed by atoms with van der Waals surface area (Å²) in [5, 5.41) is 0. The van der Waals surface area contributed by atoms with Gasteiger partial charge in [0.15, 0.2) is 11.6 Å². The van der Waals surface area contributed by atoms with E-state index in [-0.39, 0.29) is 11.7 Å². The summed E-state index contributed by atoms with van der Waals surface area (Å²) in [4.78, 5) is 0. The first-order valence-electron chi connectivity index (χ1n) is 10.9. The molecule has 164 valence electrons. The zero-order valence-corrected chi connectivity index (χ0v) is 17.4. The van der Waals surface area contributed by atoms with Gasteiger partial charge in [-0.3, -0.25) is 0 Å². The number of methoxy groups -OCH3 is 1. The Balaban J connectivity index is 1.53. The maximum Gasteiger partial charge on any atom is 0.358 e. The van der Waals surface area contributed by atoms with Crippen LogP contribution in [-0.4, -0.2) is 19.3 Å². The van der Waals surface area contributed by atoms with Crippen LogP contribution in [0, 0.1) is 23.5 Å². The Morgan fingerprint density at radius 2 is 1.59 bits per heavy atom. The lowest BCUT2D eigenvalue weighted by Gasteiger charge is -2.37. The quantitative estimate of drug-likeness (QED) is 0.437. The van der Waals surface area contributed by atoms with E-state index in [1.807, 2.05) is 0 Å². The van der Waals surface area contributed by atoms with Crippen LogP contribution in [0.4, 0.5) is 17.6 Å². The molecular formula is C23H32F4O2. The largest absolute Gasteiger partial charge is 0.494 e. The van der Waals surface area contributed by atoms with Crippen LogP contribution in [-0.2, 0) is 4.74 Å². The highest BCUT2D eigenvalue weighted by molar-refractivity contribution is 5.33. The molecule has 2 saturated carbocycles. The van der Waals surface area contributed by atoms with Crippen molar-refractivity contribution in [2.45, 2.75) is 89.3 Å². The van der Waals surface area contributed by atoms with E-state index in [1.54, 1.807) is 0 Å². The summed E-state index contributed by atoms with van der Waals surface area (Å²) < 4.78 is 67.7. The Bertz CT molecular complexity index is 663. The fraction of sp³-hybridized carbons (Fsp3) is 0.739. The van der Waals surface area contributed by atoms with Crippen molar-refractivity contribution in [3.63, 3.8) is 0 Å². The van der Waals surface area contributed by atoms with Crippen molar-refractivity contribution in [2.24, 2.45) is 11.8 Å². The lowest BCUT2D eigenvalue weighted by Crippen LogP contribution is -2.39. The summed E-state index contributed by atoms with van der Waals surface area (Å²) in [6.45, 7) is 2.13. The zero-order chi connectivity index (χ0) is 21.0. The van der Waals surface area contributed by atoms with Crippen molar-refractivity contribution in [3.05, 3.63) is 29.3 Å². The van der Waals surface area contributed by atoms with Gasteiger partial charge in [0.1, 0.15) is 0 Å². The normalized spacial score (nSPS) is 28.3. The molecule has 0 aromatic heterocycles. The Morgan fingerprint density at radius 1 is 0.931 bits per heavy atom. The van der Waals surface area contributed by atoms with Gasteiger partial charge < -0.3 is 9.47 Å². The minimum Gasteiger partial charge on any atom is -0.494 e. The Kier molecular flexibility index (Phi) is 7.47. The SMILES string of the molecule is CCCC1CCC(C(F)(F)OC2CCC(c3ccc(OC)c(F)c3F)CC2)CC1. The van der Waals surface area contributed by atoms with E-state index >= 15 is 0 Å². The van der Waals surface area contributed by atoms with Gasteiger partial charge in [0.2, 0.25) is 5.82 Å². The highest BCUT2D eigenvalue weighted by Gasteiger charge is 2.44. The number of halogens is 4. The molecule has 0 spiro atoms. The molecule has 2 nitrogen and oxygen atoms in total. The van der Waals surface area contributed by atoms with E-state index in [0.717, 1.165) is 25.7 Å². The average molecular weight is 416 g/mol. The Morgan fingerprint density at radius 3 is 2.17 bits per heavy atom. The first-order chi connectivity index (χ1) is 13.9. The van der Waals surface area contributed by atoms with Gasteiger partial charge in [0.05, 0.1) is 19.1 Å². The van der Waals surface area contributed by atoms with Gasteiger partial charge in [-0.15, -0.1) is 0 Å². The molecule has 0 aliphatic heterocycles. The van der Waals surface area contributed by atoms with Gasteiger partial charge in [-0.25, -0.2) is 4.39 Å². The maximum atomic E-state index is 14.7. The van der Waals surface area contributed by atoms with Crippen LogP contribution in [0.2, 0.25) is 0 Å². The van der Waals surface area contributed by atoms with Gasteiger partial charge in [-0.05, 0) is 74.8 Å². The number of hydrogen-bond donors (Lipinski definition) is 0. The van der Waals surface area contributed by atoms with Crippen LogP contribution >= 0.6 is 0 Å². The van der Waals surface area contributed by atoms with Gasteiger partial charge in [0, 0.05) is 0 Å². The topological polar surface area (TPSA) is 18.5 Å². The lowest BCUT2D eigenvalue weighted by molar-refractivity contribution is -0.301. The van der Waals surface area contributed by atoms with Crippen LogP contribution < -0.4 is 4.74 Å². The third-order valence-corrected chi connectivity index (χ3v) is 6.75. The number of benzene rings is 1. The standard InChI is InChI=1S/C23H32F4O2/c1-3-4-15-5-9-17(10-6-15)23(26,27)29-18-11-7-16(8-12-18)19-13-14-20(28-2)22(25)21(19)24/h13-18H,3-12H2,1-2H3. The van der Waals surface area contributed by atoms with E-state index < -0.39 is 29.8 Å². The first kappa shape index (κ1) is 22.4.